The summed E-state index contributed by atoms with van der Waals surface area (Å²) < 4.78 is 10.9. The first kappa shape index (κ1) is 8.93. The van der Waals surface area contributed by atoms with Crippen LogP contribution in [0.1, 0.15) is 10.4 Å². The summed E-state index contributed by atoms with van der Waals surface area (Å²) in [6, 6.07) is 5.79. The zero-order valence-electron chi connectivity index (χ0n) is 6.44. The molecule has 1 aromatic rings. The van der Waals surface area contributed by atoms with E-state index in [-0.39, 0.29) is 5.56 Å². The third kappa shape index (κ3) is 1.92. The largest absolute Gasteiger partial charge is 0.545 e. The Labute approximate surface area is 72.5 Å². The van der Waals surface area contributed by atoms with Gasteiger partial charge in [-0.1, -0.05) is 12.1 Å². The smallest absolute Gasteiger partial charge is 0.0715 e. The van der Waals surface area contributed by atoms with E-state index in [0.29, 0.717) is 4.90 Å². The van der Waals surface area contributed by atoms with E-state index >= 15 is 0 Å². The van der Waals surface area contributed by atoms with Gasteiger partial charge in [0.1, 0.15) is 0 Å². The lowest BCUT2D eigenvalue weighted by atomic mass is 10.2. The van der Waals surface area contributed by atoms with Crippen LogP contribution in [0.5, 0.6) is 0 Å². The molecule has 0 aliphatic heterocycles. The van der Waals surface area contributed by atoms with Gasteiger partial charge in [-0.15, -0.1) is 0 Å². The lowest BCUT2D eigenvalue weighted by Crippen LogP contribution is -2.21. The lowest BCUT2D eigenvalue weighted by Gasteiger charge is -2.01. The summed E-state index contributed by atoms with van der Waals surface area (Å²) in [5.41, 5.74) is 0.101. The molecule has 0 radical (unpaired) electrons. The van der Waals surface area contributed by atoms with Gasteiger partial charge in [0.25, 0.3) is 0 Å². The molecule has 0 aromatic heterocycles. The van der Waals surface area contributed by atoms with Crippen LogP contribution in [-0.2, 0) is 10.8 Å². The van der Waals surface area contributed by atoms with E-state index < -0.39 is 16.8 Å². The van der Waals surface area contributed by atoms with E-state index in [1.54, 1.807) is 0 Å². The molecule has 1 aromatic carbocycles. The van der Waals surface area contributed by atoms with Gasteiger partial charge < -0.3 is 9.90 Å². The summed E-state index contributed by atoms with van der Waals surface area (Å²) in [4.78, 5) is 10.9. The maximum Gasteiger partial charge on any atom is 0.0715 e. The number of carboxylic acids is 1. The highest BCUT2D eigenvalue weighted by Crippen LogP contribution is 2.06. The van der Waals surface area contributed by atoms with Gasteiger partial charge in [0.2, 0.25) is 0 Å². The molecular weight excluding hydrogens is 176 g/mol. The third-order valence-corrected chi connectivity index (χ3v) is 2.36. The third-order valence-electron chi connectivity index (χ3n) is 1.42. The molecule has 64 valence electrons. The first-order valence-electron chi connectivity index (χ1n) is 3.26. The van der Waals surface area contributed by atoms with Crippen molar-refractivity contribution in [2.75, 3.05) is 6.26 Å². The normalized spacial score (nSPS) is 12.4. The fourth-order valence-electron chi connectivity index (χ4n) is 0.783. The van der Waals surface area contributed by atoms with Crippen molar-refractivity contribution in [2.24, 2.45) is 0 Å². The molecule has 12 heavy (non-hydrogen) atoms. The van der Waals surface area contributed by atoms with E-state index in [9.17, 15) is 14.1 Å². The second-order valence-corrected chi connectivity index (χ2v) is 3.65. The second-order valence-electron chi connectivity index (χ2n) is 2.27. The molecular formula is C8H7O3S-. The quantitative estimate of drug-likeness (QED) is 0.637. The summed E-state index contributed by atoms with van der Waals surface area (Å²) in [6.45, 7) is 0. The van der Waals surface area contributed by atoms with Gasteiger partial charge in [-0.3, -0.25) is 4.21 Å². The van der Waals surface area contributed by atoms with Crippen molar-refractivity contribution in [2.45, 2.75) is 4.90 Å². The van der Waals surface area contributed by atoms with Crippen molar-refractivity contribution in [3.8, 4) is 0 Å². The summed E-state index contributed by atoms with van der Waals surface area (Å²) in [5, 5.41) is 10.3. The molecule has 1 rings (SSSR count). The maximum atomic E-state index is 10.9. The first-order chi connectivity index (χ1) is 5.61. The maximum absolute atomic E-state index is 10.9. The van der Waals surface area contributed by atoms with Gasteiger partial charge in [0, 0.05) is 22.0 Å². The molecule has 0 unspecified atom stereocenters. The number of aromatic carboxylic acids is 1. The molecule has 0 heterocycles. The van der Waals surface area contributed by atoms with E-state index in [1.807, 2.05) is 0 Å². The molecule has 4 heteroatoms. The van der Waals surface area contributed by atoms with Crippen molar-refractivity contribution in [1.29, 1.82) is 0 Å². The molecule has 0 amide bonds. The fourth-order valence-corrected chi connectivity index (χ4v) is 1.30. The van der Waals surface area contributed by atoms with Crippen LogP contribution < -0.4 is 5.11 Å². The highest BCUT2D eigenvalue weighted by atomic mass is 32.2. The number of benzene rings is 1. The Morgan fingerprint density at radius 3 is 2.17 bits per heavy atom. The standard InChI is InChI=1S/C8H8O3S/c1-12(11)7-4-2-6(3-5-7)8(9)10/h2-5H,1H3,(H,9,10)/p-1/t12-/m0/s1. The zero-order chi connectivity index (χ0) is 9.14. The van der Waals surface area contributed by atoms with Crippen LogP contribution in [0.2, 0.25) is 0 Å². The van der Waals surface area contributed by atoms with Gasteiger partial charge in [0.15, 0.2) is 0 Å². The highest BCUT2D eigenvalue weighted by molar-refractivity contribution is 7.84. The Kier molecular flexibility index (Phi) is 2.60. The molecule has 0 fully saturated rings. The second kappa shape index (κ2) is 3.49. The van der Waals surface area contributed by atoms with E-state index in [1.165, 1.54) is 30.5 Å². The van der Waals surface area contributed by atoms with Crippen LogP contribution in [0, 0.1) is 0 Å². The highest BCUT2D eigenvalue weighted by Gasteiger charge is 1.97. The number of carbonyl (C=O) groups excluding carboxylic acids is 1. The first-order valence-corrected chi connectivity index (χ1v) is 4.82. The SMILES string of the molecule is C[S@](=O)c1ccc(C(=O)[O-])cc1. The number of carboxylic acid groups (broad SMARTS) is 1. The van der Waals surface area contributed by atoms with Crippen LogP contribution in [0.4, 0.5) is 0 Å². The predicted molar refractivity (Wildman–Crippen MR) is 43.1 cm³/mol. The monoisotopic (exact) mass is 183 g/mol. The summed E-state index contributed by atoms with van der Waals surface area (Å²) in [6.07, 6.45) is 1.54. The molecule has 0 bridgehead atoms. The van der Waals surface area contributed by atoms with E-state index in [0.717, 1.165) is 0 Å². The van der Waals surface area contributed by atoms with Crippen molar-refractivity contribution in [3.63, 3.8) is 0 Å². The number of hydrogen-bond acceptors (Lipinski definition) is 3. The van der Waals surface area contributed by atoms with Crippen molar-refractivity contribution in [1.82, 2.24) is 0 Å². The minimum atomic E-state index is -1.22. The van der Waals surface area contributed by atoms with Crippen LogP contribution in [-0.4, -0.2) is 16.4 Å². The van der Waals surface area contributed by atoms with Gasteiger partial charge in [-0.2, -0.15) is 0 Å². The Bertz CT molecular complexity index is 283. The van der Waals surface area contributed by atoms with Gasteiger partial charge in [-0.25, -0.2) is 0 Å². The number of carbonyl (C=O) groups is 1. The molecule has 0 N–H and O–H groups in total. The Balaban J connectivity index is 3.01. The molecule has 1 atom stereocenters. The van der Waals surface area contributed by atoms with Crippen molar-refractivity contribution < 1.29 is 14.1 Å². The van der Waals surface area contributed by atoms with Crippen LogP contribution in [0.3, 0.4) is 0 Å². The van der Waals surface area contributed by atoms with Crippen LogP contribution in [0.25, 0.3) is 0 Å². The zero-order valence-corrected chi connectivity index (χ0v) is 7.26. The minimum absolute atomic E-state index is 0.101. The minimum Gasteiger partial charge on any atom is -0.545 e. The molecule has 0 saturated heterocycles. The Hall–Kier alpha value is -1.16. The molecule has 0 aliphatic carbocycles. The van der Waals surface area contributed by atoms with Gasteiger partial charge in [0.05, 0.1) is 5.97 Å². The van der Waals surface area contributed by atoms with E-state index in [2.05, 4.69) is 0 Å². The van der Waals surface area contributed by atoms with Crippen molar-refractivity contribution in [3.05, 3.63) is 29.8 Å². The van der Waals surface area contributed by atoms with Gasteiger partial charge >= 0.3 is 0 Å². The topological polar surface area (TPSA) is 57.2 Å². The predicted octanol–water partition coefficient (Wildman–Crippen LogP) is -0.213. The molecule has 0 saturated carbocycles. The Morgan fingerprint density at radius 1 is 1.33 bits per heavy atom. The number of rotatable bonds is 2. The summed E-state index contributed by atoms with van der Waals surface area (Å²) in [7, 11) is -1.06. The summed E-state index contributed by atoms with van der Waals surface area (Å²) in [5.74, 6) is -1.22. The van der Waals surface area contributed by atoms with Crippen LogP contribution in [0.15, 0.2) is 29.2 Å². The molecule has 0 aliphatic rings. The summed E-state index contributed by atoms with van der Waals surface area (Å²) >= 11 is 0. The average Bonchev–Trinajstić information content (AvgIpc) is 2.04. The van der Waals surface area contributed by atoms with Gasteiger partial charge in [-0.05, 0) is 17.7 Å². The Morgan fingerprint density at radius 2 is 1.83 bits per heavy atom. The molecule has 3 nitrogen and oxygen atoms in total. The fraction of sp³-hybridized carbons (Fsp3) is 0.125. The van der Waals surface area contributed by atoms with E-state index in [4.69, 9.17) is 0 Å². The lowest BCUT2D eigenvalue weighted by molar-refractivity contribution is -0.255. The van der Waals surface area contributed by atoms with Crippen LogP contribution >= 0.6 is 0 Å². The van der Waals surface area contributed by atoms with Crippen molar-refractivity contribution >= 4 is 16.8 Å². The number of hydrogen-bond donors (Lipinski definition) is 0. The molecule has 0 spiro atoms. The average molecular weight is 183 g/mol.